The third-order valence-corrected chi connectivity index (χ3v) is 3.51. The van der Waals surface area contributed by atoms with Gasteiger partial charge in [-0.05, 0) is 38.8 Å². The number of hydrogen-bond acceptors (Lipinski definition) is 6. The Hall–Kier alpha value is -1.87. The second-order valence-electron chi connectivity index (χ2n) is 4.93. The van der Waals surface area contributed by atoms with Crippen LogP contribution in [0.1, 0.15) is 19.8 Å². The van der Waals surface area contributed by atoms with E-state index in [0.29, 0.717) is 24.9 Å². The Bertz CT molecular complexity index is 451. The molecule has 1 aliphatic rings. The average molecular weight is 275 g/mol. The summed E-state index contributed by atoms with van der Waals surface area (Å²) < 4.78 is 5.35. The summed E-state index contributed by atoms with van der Waals surface area (Å²) in [5, 5.41) is 12.0. The minimum absolute atomic E-state index is 0.545. The lowest BCUT2D eigenvalue weighted by atomic mass is 9.97. The van der Waals surface area contributed by atoms with E-state index in [4.69, 9.17) is 10.00 Å². The van der Waals surface area contributed by atoms with Gasteiger partial charge in [-0.1, -0.05) is 0 Å². The Balaban J connectivity index is 1.76. The molecule has 108 valence electrons. The molecule has 0 aromatic carbocycles. The maximum absolute atomic E-state index is 8.68. The fourth-order valence-electron chi connectivity index (χ4n) is 2.36. The number of hydrogen-bond donors (Lipinski definition) is 1. The lowest BCUT2D eigenvalue weighted by Gasteiger charge is -2.30. The van der Waals surface area contributed by atoms with Crippen LogP contribution in [0.5, 0.6) is 5.88 Å². The first-order valence-corrected chi connectivity index (χ1v) is 7.10. The molecule has 1 fully saturated rings. The van der Waals surface area contributed by atoms with Crippen LogP contribution in [0.2, 0.25) is 0 Å². The van der Waals surface area contributed by atoms with Crippen LogP contribution in [-0.4, -0.2) is 47.7 Å². The molecule has 6 heteroatoms. The van der Waals surface area contributed by atoms with Crippen molar-refractivity contribution in [3.8, 4) is 11.9 Å². The van der Waals surface area contributed by atoms with E-state index in [2.05, 4.69) is 26.3 Å². The highest BCUT2D eigenvalue weighted by atomic mass is 16.5. The minimum atomic E-state index is 0.545. The van der Waals surface area contributed by atoms with Crippen LogP contribution >= 0.6 is 0 Å². The van der Waals surface area contributed by atoms with Crippen LogP contribution < -0.4 is 10.1 Å². The van der Waals surface area contributed by atoms with Crippen LogP contribution in [0.4, 0.5) is 5.82 Å². The third-order valence-electron chi connectivity index (χ3n) is 3.51. The first kappa shape index (κ1) is 14.5. The second kappa shape index (κ2) is 7.65. The fraction of sp³-hybridized carbons (Fsp3) is 0.643. The van der Waals surface area contributed by atoms with Crippen molar-refractivity contribution in [2.45, 2.75) is 19.8 Å². The average Bonchev–Trinajstić information content (AvgIpc) is 2.48. The summed E-state index contributed by atoms with van der Waals surface area (Å²) in [6, 6.07) is 4.04. The molecule has 1 aliphatic heterocycles. The predicted molar refractivity (Wildman–Crippen MR) is 76.5 cm³/mol. The molecule has 0 amide bonds. The van der Waals surface area contributed by atoms with Crippen LogP contribution in [0, 0.1) is 17.2 Å². The topological polar surface area (TPSA) is 74.1 Å². The van der Waals surface area contributed by atoms with Crippen molar-refractivity contribution >= 4 is 5.82 Å². The van der Waals surface area contributed by atoms with Crippen molar-refractivity contribution in [3.05, 3.63) is 12.4 Å². The van der Waals surface area contributed by atoms with E-state index in [1.807, 2.05) is 13.0 Å². The van der Waals surface area contributed by atoms with Crippen molar-refractivity contribution in [1.82, 2.24) is 14.9 Å². The zero-order chi connectivity index (χ0) is 14.2. The Kier molecular flexibility index (Phi) is 5.56. The first-order valence-electron chi connectivity index (χ1n) is 7.10. The number of aromatic nitrogens is 2. The number of nitriles is 1. The van der Waals surface area contributed by atoms with Crippen LogP contribution in [0.3, 0.4) is 0 Å². The molecule has 0 atom stereocenters. The molecule has 0 aliphatic carbocycles. The van der Waals surface area contributed by atoms with Crippen LogP contribution in [-0.2, 0) is 0 Å². The van der Waals surface area contributed by atoms with Gasteiger partial charge in [-0.25, -0.2) is 9.97 Å². The summed E-state index contributed by atoms with van der Waals surface area (Å²) in [5.41, 5.74) is 0. The van der Waals surface area contributed by atoms with Gasteiger partial charge in [-0.15, -0.1) is 0 Å². The maximum Gasteiger partial charge on any atom is 0.218 e. The van der Waals surface area contributed by atoms with Crippen molar-refractivity contribution in [2.24, 2.45) is 5.92 Å². The molecule has 20 heavy (non-hydrogen) atoms. The number of nitrogens with one attached hydrogen (secondary N) is 1. The maximum atomic E-state index is 8.68. The third kappa shape index (κ3) is 4.35. The predicted octanol–water partition coefficient (Wildman–Crippen LogP) is 1.52. The van der Waals surface area contributed by atoms with E-state index < -0.39 is 0 Å². The molecule has 6 nitrogen and oxygen atoms in total. The Morgan fingerprint density at radius 3 is 2.95 bits per heavy atom. The minimum Gasteiger partial charge on any atom is -0.478 e. The molecule has 0 unspecified atom stereocenters. The molecule has 1 saturated heterocycles. The van der Waals surface area contributed by atoms with Crippen molar-refractivity contribution in [2.75, 3.05) is 38.1 Å². The second-order valence-corrected chi connectivity index (χ2v) is 4.93. The zero-order valence-electron chi connectivity index (χ0n) is 11.9. The summed E-state index contributed by atoms with van der Waals surface area (Å²) in [7, 11) is 0. The van der Waals surface area contributed by atoms with Gasteiger partial charge in [-0.3, -0.25) is 4.90 Å². The molecule has 0 saturated carbocycles. The molecule has 1 aromatic rings. The molecule has 2 heterocycles. The summed E-state index contributed by atoms with van der Waals surface area (Å²) >= 11 is 0. The number of ether oxygens (including phenoxy) is 1. The van der Waals surface area contributed by atoms with E-state index >= 15 is 0 Å². The summed E-state index contributed by atoms with van der Waals surface area (Å²) in [4.78, 5) is 10.4. The highest BCUT2D eigenvalue weighted by Gasteiger charge is 2.18. The van der Waals surface area contributed by atoms with E-state index in [-0.39, 0.29) is 0 Å². The lowest BCUT2D eigenvalue weighted by molar-refractivity contribution is 0.208. The highest BCUT2D eigenvalue weighted by molar-refractivity contribution is 5.37. The van der Waals surface area contributed by atoms with Gasteiger partial charge in [0.25, 0.3) is 0 Å². The lowest BCUT2D eigenvalue weighted by Crippen LogP contribution is -2.36. The number of piperidine rings is 1. The number of rotatable bonds is 6. The van der Waals surface area contributed by atoms with Crippen LogP contribution in [0.25, 0.3) is 0 Å². The fourth-order valence-corrected chi connectivity index (χ4v) is 2.36. The Morgan fingerprint density at radius 1 is 1.45 bits per heavy atom. The summed E-state index contributed by atoms with van der Waals surface area (Å²) in [5.74, 6) is 2.05. The summed E-state index contributed by atoms with van der Waals surface area (Å²) in [6.45, 7) is 6.01. The Labute approximate surface area is 119 Å². The smallest absolute Gasteiger partial charge is 0.218 e. The van der Waals surface area contributed by atoms with Gasteiger partial charge < -0.3 is 10.1 Å². The van der Waals surface area contributed by atoms with Gasteiger partial charge in [0.05, 0.1) is 19.2 Å². The molecule has 0 spiro atoms. The molecule has 0 radical (unpaired) electrons. The normalized spacial score (nSPS) is 16.6. The Morgan fingerprint density at radius 2 is 2.25 bits per heavy atom. The van der Waals surface area contributed by atoms with E-state index in [0.717, 1.165) is 38.3 Å². The molecule has 0 bridgehead atoms. The van der Waals surface area contributed by atoms with E-state index in [9.17, 15) is 0 Å². The number of likely N-dealkylation sites (tertiary alicyclic amines) is 1. The van der Waals surface area contributed by atoms with Gasteiger partial charge in [0.15, 0.2) is 0 Å². The van der Waals surface area contributed by atoms with Crippen molar-refractivity contribution in [3.63, 3.8) is 0 Å². The molecule has 2 rings (SSSR count). The van der Waals surface area contributed by atoms with Gasteiger partial charge in [0.2, 0.25) is 5.88 Å². The number of anilines is 1. The number of nitrogens with zero attached hydrogens (tertiary/aromatic N) is 4. The molecule has 1 N–H and O–H groups in total. The van der Waals surface area contributed by atoms with Crippen molar-refractivity contribution < 1.29 is 4.74 Å². The monoisotopic (exact) mass is 275 g/mol. The molecular formula is C14H21N5O. The van der Waals surface area contributed by atoms with Gasteiger partial charge in [0, 0.05) is 12.6 Å². The van der Waals surface area contributed by atoms with Gasteiger partial charge in [-0.2, -0.15) is 5.26 Å². The van der Waals surface area contributed by atoms with E-state index in [1.165, 1.54) is 6.33 Å². The first-order chi connectivity index (χ1) is 9.81. The van der Waals surface area contributed by atoms with Crippen molar-refractivity contribution in [1.29, 1.82) is 5.26 Å². The summed E-state index contributed by atoms with van der Waals surface area (Å²) in [6.07, 6.45) is 3.76. The standard InChI is InChI=1S/C14H21N5O/c1-2-20-14-9-13(17-11-18-14)16-10-12-3-6-19(7-4-12)8-5-15/h9,11-12H,2-4,6-8,10H2,1H3,(H,16,17,18). The highest BCUT2D eigenvalue weighted by Crippen LogP contribution is 2.18. The SMILES string of the molecule is CCOc1cc(NCC2CCN(CC#N)CC2)ncn1. The molecular weight excluding hydrogens is 254 g/mol. The largest absolute Gasteiger partial charge is 0.478 e. The van der Waals surface area contributed by atoms with Gasteiger partial charge in [0.1, 0.15) is 12.1 Å². The molecule has 1 aromatic heterocycles. The van der Waals surface area contributed by atoms with Gasteiger partial charge >= 0.3 is 0 Å². The van der Waals surface area contributed by atoms with Crippen LogP contribution in [0.15, 0.2) is 12.4 Å². The van der Waals surface area contributed by atoms with E-state index in [1.54, 1.807) is 0 Å². The zero-order valence-corrected chi connectivity index (χ0v) is 11.9. The quantitative estimate of drug-likeness (QED) is 0.793.